The zero-order valence-corrected chi connectivity index (χ0v) is 12.8. The minimum absolute atomic E-state index is 0. The van der Waals surface area contributed by atoms with Gasteiger partial charge in [-0.25, -0.2) is 0 Å². The number of nitrogens with two attached hydrogens (primary N) is 1. The Morgan fingerprint density at radius 3 is 2.68 bits per heavy atom. The Balaban J connectivity index is 0.00000141. The summed E-state index contributed by atoms with van der Waals surface area (Å²) in [6.45, 7) is 7.61. The Kier molecular flexibility index (Phi) is 10.6. The van der Waals surface area contributed by atoms with Crippen LogP contribution >= 0.6 is 0 Å². The van der Waals surface area contributed by atoms with Crippen LogP contribution in [0.2, 0.25) is 0 Å². The van der Waals surface area contributed by atoms with Crippen LogP contribution < -0.4 is 15.4 Å². The van der Waals surface area contributed by atoms with Crippen LogP contribution in [0.15, 0.2) is 12.1 Å². The van der Waals surface area contributed by atoms with Gasteiger partial charge in [0.05, 0.1) is 25.9 Å². The minimum atomic E-state index is 0. The highest BCUT2D eigenvalue weighted by Crippen LogP contribution is 2.23. The molecule has 6 nitrogen and oxygen atoms in total. The first kappa shape index (κ1) is 20.0. The van der Waals surface area contributed by atoms with Crippen molar-refractivity contribution >= 4 is 11.5 Å². The van der Waals surface area contributed by atoms with Gasteiger partial charge in [-0.15, -0.1) is 0 Å². The van der Waals surface area contributed by atoms with Gasteiger partial charge in [0.25, 0.3) is 0 Å². The average Bonchev–Trinajstić information content (AvgIpc) is 2.54. The van der Waals surface area contributed by atoms with Crippen molar-refractivity contribution < 1.29 is 9.47 Å². The van der Waals surface area contributed by atoms with Crippen LogP contribution in [0.1, 0.15) is 34.1 Å². The first-order valence-electron chi connectivity index (χ1n) is 7.39. The lowest BCUT2D eigenvalue weighted by Crippen LogP contribution is -2.36. The number of pyridine rings is 1. The molecule has 6 heteroatoms. The summed E-state index contributed by atoms with van der Waals surface area (Å²) in [5, 5.41) is 8.46. The largest absolute Gasteiger partial charge is 0.478 e. The maximum atomic E-state index is 8.46. The van der Waals surface area contributed by atoms with Gasteiger partial charge in [-0.05, 0) is 6.42 Å². The fraction of sp³-hybridized carbons (Fsp3) is 0.625. The van der Waals surface area contributed by atoms with E-state index in [4.69, 9.17) is 20.5 Å². The third-order valence-electron chi connectivity index (χ3n) is 2.87. The van der Waals surface area contributed by atoms with Crippen molar-refractivity contribution in [2.75, 3.05) is 43.5 Å². The molecule has 1 aromatic heterocycles. The van der Waals surface area contributed by atoms with Crippen LogP contribution in [-0.4, -0.2) is 37.9 Å². The van der Waals surface area contributed by atoms with E-state index in [2.05, 4.69) is 16.0 Å². The molecule has 0 saturated carbocycles. The molecular formula is C16H28N4O2. The summed E-state index contributed by atoms with van der Waals surface area (Å²) < 4.78 is 10.8. The Morgan fingerprint density at radius 1 is 1.36 bits per heavy atom. The third-order valence-corrected chi connectivity index (χ3v) is 2.87. The highest BCUT2D eigenvalue weighted by atomic mass is 16.5. The molecule has 1 fully saturated rings. The molecule has 0 atom stereocenters. The number of anilines is 2. The number of nitriles is 1. The Bertz CT molecular complexity index is 454. The zero-order chi connectivity index (χ0) is 15.5. The lowest BCUT2D eigenvalue weighted by atomic mass is 10.3. The van der Waals surface area contributed by atoms with Gasteiger partial charge >= 0.3 is 0 Å². The average molecular weight is 308 g/mol. The third kappa shape index (κ3) is 6.64. The number of nitrogen functional groups attached to an aromatic ring is 1. The van der Waals surface area contributed by atoms with Crippen molar-refractivity contribution in [2.24, 2.45) is 0 Å². The van der Waals surface area contributed by atoms with E-state index in [1.165, 1.54) is 0 Å². The zero-order valence-electron chi connectivity index (χ0n) is 12.8. The Labute approximate surface area is 133 Å². The number of unbranched alkanes of at least 4 members (excludes halogenated alkanes) is 1. The lowest BCUT2D eigenvalue weighted by molar-refractivity contribution is 0.122. The maximum absolute atomic E-state index is 8.46. The van der Waals surface area contributed by atoms with Crippen molar-refractivity contribution in [1.82, 2.24) is 4.98 Å². The number of morpholine rings is 1. The summed E-state index contributed by atoms with van der Waals surface area (Å²) in [5.74, 6) is 0.957. The molecule has 0 spiro atoms. The van der Waals surface area contributed by atoms with Crippen LogP contribution in [-0.2, 0) is 4.74 Å². The number of rotatable bonds is 5. The first-order chi connectivity index (χ1) is 10.3. The van der Waals surface area contributed by atoms with Crippen molar-refractivity contribution in [3.05, 3.63) is 12.1 Å². The van der Waals surface area contributed by atoms with Crippen LogP contribution in [0.4, 0.5) is 11.5 Å². The first-order valence-corrected chi connectivity index (χ1v) is 7.39. The second kappa shape index (κ2) is 11.6. The Morgan fingerprint density at radius 2 is 2.05 bits per heavy atom. The van der Waals surface area contributed by atoms with E-state index in [-0.39, 0.29) is 7.43 Å². The molecule has 124 valence electrons. The molecule has 2 N–H and O–H groups in total. The second-order valence-corrected chi connectivity index (χ2v) is 4.30. The van der Waals surface area contributed by atoms with Gasteiger partial charge in [0.1, 0.15) is 5.82 Å². The number of hydrogen-bond acceptors (Lipinski definition) is 6. The Hall–Kier alpha value is -2.00. The predicted molar refractivity (Wildman–Crippen MR) is 90.1 cm³/mol. The smallest absolute Gasteiger partial charge is 0.217 e. The van der Waals surface area contributed by atoms with E-state index in [0.717, 1.165) is 32.0 Å². The van der Waals surface area contributed by atoms with Gasteiger partial charge in [-0.1, -0.05) is 21.3 Å². The monoisotopic (exact) mass is 308 g/mol. The molecule has 22 heavy (non-hydrogen) atoms. The molecule has 2 heterocycles. The molecule has 0 amide bonds. The van der Waals surface area contributed by atoms with E-state index in [9.17, 15) is 0 Å². The molecule has 0 unspecified atom stereocenters. The van der Waals surface area contributed by atoms with E-state index in [0.29, 0.717) is 31.1 Å². The summed E-state index contributed by atoms with van der Waals surface area (Å²) in [4.78, 5) is 6.34. The highest BCUT2D eigenvalue weighted by molar-refractivity contribution is 5.55. The molecule has 1 aliphatic heterocycles. The SMILES string of the molecule is C.CC.N#CCCCOc1cc(N2CCOCC2)cc(N)n1. The summed E-state index contributed by atoms with van der Waals surface area (Å²) in [7, 11) is 0. The van der Waals surface area contributed by atoms with E-state index < -0.39 is 0 Å². The molecule has 0 bridgehead atoms. The summed E-state index contributed by atoms with van der Waals surface area (Å²) in [5.41, 5.74) is 6.80. The van der Waals surface area contributed by atoms with Gasteiger partial charge in [-0.2, -0.15) is 10.2 Å². The molecule has 0 aliphatic carbocycles. The molecule has 2 rings (SSSR count). The van der Waals surface area contributed by atoms with Crippen LogP contribution in [0.5, 0.6) is 5.88 Å². The van der Waals surface area contributed by atoms with Gasteiger partial charge in [0.2, 0.25) is 5.88 Å². The number of ether oxygens (including phenoxy) is 2. The number of nitrogens with zero attached hydrogens (tertiary/aromatic N) is 3. The molecule has 1 saturated heterocycles. The van der Waals surface area contributed by atoms with Crippen LogP contribution in [0, 0.1) is 11.3 Å². The van der Waals surface area contributed by atoms with Gasteiger partial charge < -0.3 is 20.1 Å². The lowest BCUT2D eigenvalue weighted by Gasteiger charge is -2.29. The maximum Gasteiger partial charge on any atom is 0.217 e. The standard InChI is InChI=1S/C13H18N4O2.C2H6.CH4/c14-3-1-2-6-19-13-10-11(9-12(15)16-13)17-4-7-18-8-5-17;1-2;/h9-10H,1-2,4-8H2,(H2,15,16);1-2H3;1H4. The van der Waals surface area contributed by atoms with Gasteiger partial charge in [0, 0.05) is 37.3 Å². The topological polar surface area (TPSA) is 84.4 Å². The quantitative estimate of drug-likeness (QED) is 0.842. The van der Waals surface area contributed by atoms with E-state index in [1.807, 2.05) is 26.0 Å². The van der Waals surface area contributed by atoms with Crippen LogP contribution in [0.3, 0.4) is 0 Å². The number of aromatic nitrogens is 1. The van der Waals surface area contributed by atoms with Crippen LogP contribution in [0.25, 0.3) is 0 Å². The fourth-order valence-corrected chi connectivity index (χ4v) is 1.92. The van der Waals surface area contributed by atoms with E-state index >= 15 is 0 Å². The predicted octanol–water partition coefficient (Wildman–Crippen LogP) is 2.85. The van der Waals surface area contributed by atoms with Gasteiger partial charge in [0.15, 0.2) is 0 Å². The van der Waals surface area contributed by atoms with Crippen molar-refractivity contribution in [1.29, 1.82) is 5.26 Å². The molecule has 1 aromatic rings. The van der Waals surface area contributed by atoms with Crippen molar-refractivity contribution in [2.45, 2.75) is 34.1 Å². The molecule has 0 radical (unpaired) electrons. The van der Waals surface area contributed by atoms with Crippen molar-refractivity contribution in [3.63, 3.8) is 0 Å². The van der Waals surface area contributed by atoms with E-state index in [1.54, 1.807) is 0 Å². The number of hydrogen-bond donors (Lipinski definition) is 1. The van der Waals surface area contributed by atoms with Gasteiger partial charge in [-0.3, -0.25) is 0 Å². The summed E-state index contributed by atoms with van der Waals surface area (Å²) >= 11 is 0. The normalized spacial score (nSPS) is 13.2. The second-order valence-electron chi connectivity index (χ2n) is 4.30. The highest BCUT2D eigenvalue weighted by Gasteiger charge is 2.13. The molecule has 0 aromatic carbocycles. The fourth-order valence-electron chi connectivity index (χ4n) is 1.92. The minimum Gasteiger partial charge on any atom is -0.478 e. The molecular weight excluding hydrogens is 280 g/mol. The summed E-state index contributed by atoms with van der Waals surface area (Å²) in [6.07, 6.45) is 1.18. The summed E-state index contributed by atoms with van der Waals surface area (Å²) in [6, 6.07) is 5.80. The molecule has 1 aliphatic rings. The van der Waals surface area contributed by atoms with Crippen molar-refractivity contribution in [3.8, 4) is 11.9 Å².